The van der Waals surface area contributed by atoms with Crippen molar-refractivity contribution in [3.8, 4) is 0 Å². The summed E-state index contributed by atoms with van der Waals surface area (Å²) >= 11 is 0. The van der Waals surface area contributed by atoms with Crippen molar-refractivity contribution in [3.05, 3.63) is 18.2 Å². The molecule has 2 rings (SSSR count). The Labute approximate surface area is 104 Å². The Morgan fingerprint density at radius 1 is 1.47 bits per heavy atom. The zero-order chi connectivity index (χ0) is 12.5. The Balaban J connectivity index is 0.000000686. The maximum absolute atomic E-state index is 5.63. The third-order valence-corrected chi connectivity index (χ3v) is 2.55. The molecule has 1 fully saturated rings. The minimum Gasteiger partial charge on any atom is -0.353 e. The van der Waals surface area contributed by atoms with E-state index in [4.69, 9.17) is 9.47 Å². The van der Waals surface area contributed by atoms with Gasteiger partial charge in [0.1, 0.15) is 0 Å². The maximum atomic E-state index is 5.63. The van der Waals surface area contributed by atoms with Gasteiger partial charge in [0.25, 0.3) is 0 Å². The van der Waals surface area contributed by atoms with E-state index in [0.29, 0.717) is 6.61 Å². The molecule has 4 nitrogen and oxygen atoms in total. The third-order valence-electron chi connectivity index (χ3n) is 2.55. The van der Waals surface area contributed by atoms with Crippen molar-refractivity contribution in [1.29, 1.82) is 0 Å². The van der Waals surface area contributed by atoms with E-state index in [1.54, 1.807) is 0 Å². The molecule has 0 aliphatic carbocycles. The average Bonchev–Trinajstić information content (AvgIpc) is 2.79. The van der Waals surface area contributed by atoms with Gasteiger partial charge in [-0.05, 0) is 26.2 Å². The van der Waals surface area contributed by atoms with Crippen molar-refractivity contribution in [2.45, 2.75) is 52.9 Å². The van der Waals surface area contributed by atoms with E-state index >= 15 is 0 Å². The first-order chi connectivity index (χ1) is 8.34. The van der Waals surface area contributed by atoms with Crippen LogP contribution in [0.25, 0.3) is 0 Å². The summed E-state index contributed by atoms with van der Waals surface area (Å²) in [5.41, 5.74) is 1.05. The number of imidazole rings is 1. The number of ether oxygens (including phenoxy) is 2. The number of aromatic nitrogens is 2. The van der Waals surface area contributed by atoms with Gasteiger partial charge in [-0.3, -0.25) is 0 Å². The van der Waals surface area contributed by atoms with E-state index in [-0.39, 0.29) is 6.29 Å². The van der Waals surface area contributed by atoms with Crippen LogP contribution in [-0.2, 0) is 16.0 Å². The predicted molar refractivity (Wildman–Crippen MR) is 67.9 cm³/mol. The van der Waals surface area contributed by atoms with Crippen molar-refractivity contribution in [2.24, 2.45) is 0 Å². The van der Waals surface area contributed by atoms with Gasteiger partial charge in [0.15, 0.2) is 6.29 Å². The lowest BCUT2D eigenvalue weighted by Gasteiger charge is -2.22. The van der Waals surface area contributed by atoms with Crippen LogP contribution in [0.5, 0.6) is 0 Å². The molecule has 0 radical (unpaired) electrons. The summed E-state index contributed by atoms with van der Waals surface area (Å²) < 4.78 is 13.1. The molecule has 0 bridgehead atoms. The molecule has 0 aromatic carbocycles. The lowest BCUT2D eigenvalue weighted by molar-refractivity contribution is -0.163. The van der Waals surface area contributed by atoms with Crippen LogP contribution in [0.2, 0.25) is 0 Å². The van der Waals surface area contributed by atoms with Crippen LogP contribution in [0, 0.1) is 6.92 Å². The summed E-state index contributed by atoms with van der Waals surface area (Å²) in [7, 11) is 0. The van der Waals surface area contributed by atoms with E-state index in [0.717, 1.165) is 25.3 Å². The van der Waals surface area contributed by atoms with Crippen LogP contribution in [-0.4, -0.2) is 29.1 Å². The average molecular weight is 240 g/mol. The normalized spacial score (nSPS) is 19.6. The Kier molecular flexibility index (Phi) is 6.89. The van der Waals surface area contributed by atoms with Gasteiger partial charge in [-0.2, -0.15) is 0 Å². The highest BCUT2D eigenvalue weighted by Gasteiger charge is 2.13. The Morgan fingerprint density at radius 2 is 2.29 bits per heavy atom. The van der Waals surface area contributed by atoms with Gasteiger partial charge in [-0.1, -0.05) is 13.8 Å². The molecule has 98 valence electrons. The summed E-state index contributed by atoms with van der Waals surface area (Å²) in [4.78, 5) is 4.16. The molecule has 0 amide bonds. The molecular weight excluding hydrogens is 216 g/mol. The second-order valence-corrected chi connectivity index (χ2v) is 3.92. The monoisotopic (exact) mass is 240 g/mol. The van der Waals surface area contributed by atoms with Crippen molar-refractivity contribution in [2.75, 3.05) is 13.2 Å². The molecular formula is C13H24N2O2. The van der Waals surface area contributed by atoms with E-state index in [1.807, 2.05) is 37.9 Å². The van der Waals surface area contributed by atoms with Crippen LogP contribution < -0.4 is 0 Å². The van der Waals surface area contributed by atoms with Crippen molar-refractivity contribution in [3.63, 3.8) is 0 Å². The molecule has 1 saturated heterocycles. The summed E-state index contributed by atoms with van der Waals surface area (Å²) in [6.45, 7) is 8.37. The summed E-state index contributed by atoms with van der Waals surface area (Å²) in [5.74, 6) is 0. The molecule has 1 aliphatic heterocycles. The number of aryl methyl sites for hydroxylation is 1. The minimum atomic E-state index is 0.0170. The highest BCUT2D eigenvalue weighted by Crippen LogP contribution is 2.13. The number of nitrogens with zero attached hydrogens (tertiary/aromatic N) is 2. The first-order valence-corrected chi connectivity index (χ1v) is 6.56. The molecule has 4 heteroatoms. The summed E-state index contributed by atoms with van der Waals surface area (Å²) in [6.07, 6.45) is 7.28. The Morgan fingerprint density at radius 3 is 2.88 bits per heavy atom. The van der Waals surface area contributed by atoms with E-state index in [1.165, 1.54) is 12.8 Å². The molecule has 0 saturated carbocycles. The maximum Gasteiger partial charge on any atom is 0.157 e. The van der Waals surface area contributed by atoms with E-state index in [2.05, 4.69) is 4.98 Å². The fourth-order valence-corrected chi connectivity index (χ4v) is 1.73. The van der Waals surface area contributed by atoms with Gasteiger partial charge in [0.05, 0.1) is 18.6 Å². The largest absolute Gasteiger partial charge is 0.353 e. The number of hydrogen-bond donors (Lipinski definition) is 0. The molecule has 0 spiro atoms. The number of hydrogen-bond acceptors (Lipinski definition) is 3. The van der Waals surface area contributed by atoms with Crippen molar-refractivity contribution >= 4 is 0 Å². The van der Waals surface area contributed by atoms with E-state index in [9.17, 15) is 0 Å². The standard InChI is InChI=1S/C11H18N2O2.C2H6/c1-10-8-13(9-12-10)5-7-15-11-4-2-3-6-14-11;1-2/h8-9,11H,2-7H2,1H3;1-2H3. The molecule has 2 heterocycles. The first kappa shape index (κ1) is 14.2. The predicted octanol–water partition coefficient (Wildman–Crippen LogP) is 2.76. The van der Waals surface area contributed by atoms with Gasteiger partial charge in [0, 0.05) is 19.3 Å². The smallest absolute Gasteiger partial charge is 0.157 e. The SMILES string of the molecule is CC.Cc1cn(CCOC2CCCCO2)cn1. The van der Waals surface area contributed by atoms with Crippen LogP contribution in [0.3, 0.4) is 0 Å². The zero-order valence-electron chi connectivity index (χ0n) is 11.2. The van der Waals surface area contributed by atoms with Crippen LogP contribution in [0.1, 0.15) is 38.8 Å². The summed E-state index contributed by atoms with van der Waals surface area (Å²) in [5, 5.41) is 0. The van der Waals surface area contributed by atoms with Gasteiger partial charge in [-0.25, -0.2) is 4.98 Å². The summed E-state index contributed by atoms with van der Waals surface area (Å²) in [6, 6.07) is 0. The molecule has 1 aromatic heterocycles. The Bertz CT molecular complexity index is 293. The molecule has 1 aliphatic rings. The van der Waals surface area contributed by atoms with Crippen LogP contribution in [0.4, 0.5) is 0 Å². The molecule has 1 atom stereocenters. The zero-order valence-corrected chi connectivity index (χ0v) is 11.2. The highest BCUT2D eigenvalue weighted by molar-refractivity contribution is 4.91. The topological polar surface area (TPSA) is 36.3 Å². The third kappa shape index (κ3) is 5.33. The second-order valence-electron chi connectivity index (χ2n) is 3.92. The van der Waals surface area contributed by atoms with Crippen LogP contribution in [0.15, 0.2) is 12.5 Å². The first-order valence-electron chi connectivity index (χ1n) is 6.56. The minimum absolute atomic E-state index is 0.0170. The molecule has 1 unspecified atom stereocenters. The lowest BCUT2D eigenvalue weighted by atomic mass is 10.2. The van der Waals surface area contributed by atoms with Crippen LogP contribution >= 0.6 is 0 Å². The van der Waals surface area contributed by atoms with Gasteiger partial charge < -0.3 is 14.0 Å². The Hall–Kier alpha value is -0.870. The lowest BCUT2D eigenvalue weighted by Crippen LogP contribution is -2.23. The van der Waals surface area contributed by atoms with Gasteiger partial charge >= 0.3 is 0 Å². The number of rotatable bonds is 4. The molecule has 0 N–H and O–H groups in total. The van der Waals surface area contributed by atoms with Crippen molar-refractivity contribution < 1.29 is 9.47 Å². The van der Waals surface area contributed by atoms with Gasteiger partial charge in [-0.15, -0.1) is 0 Å². The molecule has 1 aromatic rings. The van der Waals surface area contributed by atoms with Gasteiger partial charge in [0.2, 0.25) is 0 Å². The van der Waals surface area contributed by atoms with Crippen molar-refractivity contribution in [1.82, 2.24) is 9.55 Å². The second kappa shape index (κ2) is 8.25. The quantitative estimate of drug-likeness (QED) is 0.812. The molecule has 17 heavy (non-hydrogen) atoms. The highest BCUT2D eigenvalue weighted by atomic mass is 16.7. The fraction of sp³-hybridized carbons (Fsp3) is 0.769. The fourth-order valence-electron chi connectivity index (χ4n) is 1.73. The van der Waals surface area contributed by atoms with E-state index < -0.39 is 0 Å².